The minimum Gasteiger partial charge on any atom is -0.420 e. The van der Waals surface area contributed by atoms with Gasteiger partial charge < -0.3 is 20.1 Å². The smallest absolute Gasteiger partial charge is 0.248 e. The molecule has 8 nitrogen and oxygen atoms in total. The number of aromatic nitrogens is 2. The van der Waals surface area contributed by atoms with Crippen LogP contribution in [-0.4, -0.2) is 23.2 Å². The maximum atomic E-state index is 14.3. The molecule has 3 aromatic rings. The van der Waals surface area contributed by atoms with E-state index in [2.05, 4.69) is 16.3 Å². The standard InChI is InChI=1S/C23H18ClN5O3/c1-31-12-17-19-21(28-27-17)32-20(26)15(10-25)23(19)14-7-3-5-9-18(14)29(22(23)30)11-13-6-2-4-8-16(13)24/h2-9H,11-12,26H2,1H3,(H,27,28)/t23-/m0/s1. The zero-order valence-corrected chi connectivity index (χ0v) is 17.8. The minimum atomic E-state index is -1.51. The van der Waals surface area contributed by atoms with Crippen LogP contribution in [0.1, 0.15) is 22.4 Å². The van der Waals surface area contributed by atoms with Gasteiger partial charge in [0.05, 0.1) is 24.4 Å². The first-order chi connectivity index (χ1) is 15.5. The number of aromatic amines is 1. The number of methoxy groups -OCH3 is 1. The second-order valence-electron chi connectivity index (χ2n) is 7.52. The van der Waals surface area contributed by atoms with Gasteiger partial charge in [-0.25, -0.2) is 0 Å². The highest BCUT2D eigenvalue weighted by Gasteiger charge is 2.61. The number of halogens is 1. The largest absolute Gasteiger partial charge is 0.420 e. The molecule has 1 spiro atoms. The summed E-state index contributed by atoms with van der Waals surface area (Å²) < 4.78 is 10.9. The van der Waals surface area contributed by atoms with Crippen LogP contribution in [0.15, 0.2) is 60.0 Å². The van der Waals surface area contributed by atoms with Gasteiger partial charge in [-0.15, -0.1) is 5.10 Å². The van der Waals surface area contributed by atoms with Gasteiger partial charge in [-0.05, 0) is 17.7 Å². The molecule has 3 N–H and O–H groups in total. The molecule has 0 fully saturated rings. The van der Waals surface area contributed by atoms with E-state index in [0.29, 0.717) is 27.5 Å². The predicted octanol–water partition coefficient (Wildman–Crippen LogP) is 3.13. The van der Waals surface area contributed by atoms with Crippen molar-refractivity contribution in [3.05, 3.63) is 87.4 Å². The van der Waals surface area contributed by atoms with Crippen LogP contribution in [0.2, 0.25) is 5.02 Å². The van der Waals surface area contributed by atoms with Crippen LogP contribution < -0.4 is 15.4 Å². The van der Waals surface area contributed by atoms with Crippen LogP contribution in [-0.2, 0) is 28.1 Å². The lowest BCUT2D eigenvalue weighted by atomic mass is 9.69. The predicted molar refractivity (Wildman–Crippen MR) is 117 cm³/mol. The topological polar surface area (TPSA) is 117 Å². The van der Waals surface area contributed by atoms with Crippen molar-refractivity contribution in [2.24, 2.45) is 5.73 Å². The molecular weight excluding hydrogens is 430 g/mol. The number of nitrogens with zero attached hydrogens (tertiary/aromatic N) is 3. The Kier molecular flexibility index (Phi) is 4.66. The molecular formula is C23H18ClN5O3. The van der Waals surface area contributed by atoms with Gasteiger partial charge in [0.1, 0.15) is 17.1 Å². The van der Waals surface area contributed by atoms with Crippen LogP contribution in [0.25, 0.3) is 0 Å². The molecule has 3 heterocycles. The Morgan fingerprint density at radius 1 is 1.28 bits per heavy atom. The number of carbonyl (C=O) groups excluding carboxylic acids is 1. The van der Waals surface area contributed by atoms with Crippen molar-refractivity contribution in [1.29, 1.82) is 5.26 Å². The third-order valence-corrected chi connectivity index (χ3v) is 6.23. The molecule has 160 valence electrons. The highest BCUT2D eigenvalue weighted by molar-refractivity contribution is 6.31. The van der Waals surface area contributed by atoms with E-state index in [-0.39, 0.29) is 36.4 Å². The summed E-state index contributed by atoms with van der Waals surface area (Å²) in [5, 5.41) is 17.7. The van der Waals surface area contributed by atoms with Crippen molar-refractivity contribution in [3.8, 4) is 11.9 Å². The summed E-state index contributed by atoms with van der Waals surface area (Å²) in [5.41, 5.74) is 7.68. The highest BCUT2D eigenvalue weighted by Crippen LogP contribution is 2.56. The van der Waals surface area contributed by atoms with Crippen molar-refractivity contribution in [3.63, 3.8) is 0 Å². The number of carbonyl (C=O) groups is 1. The number of amides is 1. The van der Waals surface area contributed by atoms with Gasteiger partial charge in [-0.1, -0.05) is 48.0 Å². The maximum absolute atomic E-state index is 14.3. The molecule has 1 atom stereocenters. The lowest BCUT2D eigenvalue weighted by Crippen LogP contribution is -2.46. The van der Waals surface area contributed by atoms with Crippen LogP contribution in [0, 0.1) is 11.3 Å². The van der Waals surface area contributed by atoms with Crippen molar-refractivity contribution >= 4 is 23.2 Å². The van der Waals surface area contributed by atoms with E-state index in [1.165, 1.54) is 7.11 Å². The lowest BCUT2D eigenvalue weighted by molar-refractivity contribution is -0.121. The number of rotatable bonds is 4. The van der Waals surface area contributed by atoms with Crippen molar-refractivity contribution < 1.29 is 14.3 Å². The molecule has 0 aliphatic carbocycles. The third kappa shape index (κ3) is 2.59. The number of nitrogens with one attached hydrogen (secondary N) is 1. The van der Waals surface area contributed by atoms with Crippen LogP contribution in [0.3, 0.4) is 0 Å². The summed E-state index contributed by atoms with van der Waals surface area (Å²) in [6.45, 7) is 0.371. The highest BCUT2D eigenvalue weighted by atomic mass is 35.5. The Morgan fingerprint density at radius 3 is 2.78 bits per heavy atom. The second kappa shape index (κ2) is 7.41. The average Bonchev–Trinajstić information content (AvgIpc) is 3.29. The average molecular weight is 448 g/mol. The molecule has 1 amide bonds. The molecule has 9 heteroatoms. The molecule has 32 heavy (non-hydrogen) atoms. The van der Waals surface area contributed by atoms with Crippen molar-refractivity contribution in [1.82, 2.24) is 10.2 Å². The van der Waals surface area contributed by atoms with Gasteiger partial charge in [0.2, 0.25) is 17.7 Å². The van der Waals surface area contributed by atoms with Crippen LogP contribution in [0.4, 0.5) is 5.69 Å². The summed E-state index contributed by atoms with van der Waals surface area (Å²) in [6, 6.07) is 16.8. The number of H-pyrrole nitrogens is 1. The van der Waals surface area contributed by atoms with E-state index in [1.54, 1.807) is 11.0 Å². The minimum absolute atomic E-state index is 0.0165. The number of para-hydroxylation sites is 1. The molecule has 0 unspecified atom stereocenters. The van der Waals surface area contributed by atoms with E-state index in [1.807, 2.05) is 42.5 Å². The summed E-state index contributed by atoms with van der Waals surface area (Å²) >= 11 is 6.39. The molecule has 0 bridgehead atoms. The molecule has 5 rings (SSSR count). The SMILES string of the molecule is COCc1[nH]nc2c1[C@@]1(C(=O)N(Cc3ccccc3Cl)c3ccccc31)C(C#N)=C(N)O2. The van der Waals surface area contributed by atoms with Crippen molar-refractivity contribution in [2.45, 2.75) is 18.6 Å². The van der Waals surface area contributed by atoms with E-state index < -0.39 is 5.41 Å². The van der Waals surface area contributed by atoms with E-state index >= 15 is 0 Å². The number of nitriles is 1. The first-order valence-electron chi connectivity index (χ1n) is 9.83. The van der Waals surface area contributed by atoms with Gasteiger partial charge >= 0.3 is 0 Å². The lowest BCUT2D eigenvalue weighted by Gasteiger charge is -2.32. The number of fused-ring (bicyclic) bond motifs is 4. The monoisotopic (exact) mass is 447 g/mol. The zero-order valence-electron chi connectivity index (χ0n) is 17.1. The number of nitrogens with two attached hydrogens (primary N) is 1. The summed E-state index contributed by atoms with van der Waals surface area (Å²) in [7, 11) is 1.53. The maximum Gasteiger partial charge on any atom is 0.248 e. The Balaban J connectivity index is 1.79. The third-order valence-electron chi connectivity index (χ3n) is 5.86. The molecule has 0 radical (unpaired) electrons. The number of hydrogen-bond acceptors (Lipinski definition) is 6. The number of anilines is 1. The Labute approximate surface area is 188 Å². The molecule has 2 aliphatic rings. The van der Waals surface area contributed by atoms with Gasteiger partial charge in [0.15, 0.2) is 0 Å². The van der Waals surface area contributed by atoms with Gasteiger partial charge in [-0.3, -0.25) is 9.89 Å². The van der Waals surface area contributed by atoms with E-state index in [0.717, 1.165) is 5.56 Å². The Hall–Kier alpha value is -3.80. The fraction of sp³-hybridized carbons (Fsp3) is 0.174. The molecule has 0 saturated heterocycles. The van der Waals surface area contributed by atoms with Crippen LogP contribution >= 0.6 is 11.6 Å². The molecule has 2 aliphatic heterocycles. The summed E-state index contributed by atoms with van der Waals surface area (Å²) in [5.74, 6) is -0.337. The second-order valence-corrected chi connectivity index (χ2v) is 7.93. The van der Waals surface area contributed by atoms with Crippen LogP contribution in [0.5, 0.6) is 5.88 Å². The first-order valence-corrected chi connectivity index (χ1v) is 10.2. The summed E-state index contributed by atoms with van der Waals surface area (Å²) in [4.78, 5) is 15.9. The first kappa shape index (κ1) is 20.1. The van der Waals surface area contributed by atoms with Gasteiger partial charge in [0, 0.05) is 23.4 Å². The van der Waals surface area contributed by atoms with Gasteiger partial charge in [-0.2, -0.15) is 5.26 Å². The molecule has 0 saturated carbocycles. The zero-order chi connectivity index (χ0) is 22.5. The normalized spacial score (nSPS) is 19.0. The molecule has 1 aromatic heterocycles. The number of hydrogen-bond donors (Lipinski definition) is 2. The van der Waals surface area contributed by atoms with Gasteiger partial charge in [0.25, 0.3) is 0 Å². The molecule has 2 aromatic carbocycles. The Bertz CT molecular complexity index is 1330. The van der Waals surface area contributed by atoms with E-state index in [9.17, 15) is 10.1 Å². The van der Waals surface area contributed by atoms with E-state index in [4.69, 9.17) is 26.8 Å². The number of ether oxygens (including phenoxy) is 2. The quantitative estimate of drug-likeness (QED) is 0.634. The fourth-order valence-corrected chi connectivity index (χ4v) is 4.76. The Morgan fingerprint density at radius 2 is 2.03 bits per heavy atom. The fourth-order valence-electron chi connectivity index (χ4n) is 4.56. The number of benzene rings is 2. The van der Waals surface area contributed by atoms with Crippen molar-refractivity contribution in [2.75, 3.05) is 12.0 Å². The summed E-state index contributed by atoms with van der Waals surface area (Å²) in [6.07, 6.45) is 0.